The summed E-state index contributed by atoms with van der Waals surface area (Å²) in [5.74, 6) is -0.466. The number of carbonyl (C=O) groups excluding carboxylic acids is 1. The smallest absolute Gasteiger partial charge is 0.310 e. The molecule has 0 amide bonds. The highest BCUT2D eigenvalue weighted by Crippen LogP contribution is 2.15. The molecule has 0 saturated heterocycles. The molecule has 0 spiro atoms. The molecule has 1 rings (SSSR count). The average molecular weight is 250 g/mol. The molecule has 2 N–H and O–H groups in total. The first-order valence-corrected chi connectivity index (χ1v) is 6.21. The highest BCUT2D eigenvalue weighted by Gasteiger charge is 2.18. The Labute approximate surface area is 109 Å². The lowest BCUT2D eigenvalue weighted by Gasteiger charge is -2.15. The van der Waals surface area contributed by atoms with Gasteiger partial charge in [0.1, 0.15) is 0 Å². The quantitative estimate of drug-likeness (QED) is 0.776. The number of hydrogen-bond donors (Lipinski definition) is 1. The molecule has 0 heterocycles. The van der Waals surface area contributed by atoms with Crippen LogP contribution >= 0.6 is 0 Å². The predicted octanol–water partition coefficient (Wildman–Crippen LogP) is 1.43. The number of nitrogens with zero attached hydrogens (tertiary/aromatic N) is 1. The van der Waals surface area contributed by atoms with Crippen molar-refractivity contribution in [3.8, 4) is 0 Å². The zero-order valence-corrected chi connectivity index (χ0v) is 11.3. The second-order valence-electron chi connectivity index (χ2n) is 4.45. The van der Waals surface area contributed by atoms with E-state index in [1.807, 2.05) is 43.3 Å². The molecule has 4 nitrogen and oxygen atoms in total. The van der Waals surface area contributed by atoms with E-state index >= 15 is 0 Å². The van der Waals surface area contributed by atoms with E-state index in [9.17, 15) is 4.79 Å². The zero-order chi connectivity index (χ0) is 13.5. The minimum Gasteiger partial charge on any atom is -0.466 e. The fraction of sp³-hybridized carbons (Fsp3) is 0.500. The number of hydrogen-bond acceptors (Lipinski definition) is 4. The van der Waals surface area contributed by atoms with Crippen LogP contribution < -0.4 is 10.6 Å². The van der Waals surface area contributed by atoms with Gasteiger partial charge in [0.2, 0.25) is 0 Å². The summed E-state index contributed by atoms with van der Waals surface area (Å²) >= 11 is 0. The first-order valence-electron chi connectivity index (χ1n) is 6.21. The summed E-state index contributed by atoms with van der Waals surface area (Å²) < 4.78 is 5.00. The van der Waals surface area contributed by atoms with Crippen molar-refractivity contribution in [1.82, 2.24) is 0 Å². The van der Waals surface area contributed by atoms with Crippen LogP contribution in [0.15, 0.2) is 24.3 Å². The van der Waals surface area contributed by atoms with Crippen LogP contribution in [-0.2, 0) is 16.0 Å². The number of nitrogens with two attached hydrogens (primary N) is 1. The van der Waals surface area contributed by atoms with Crippen LogP contribution in [0.4, 0.5) is 5.69 Å². The van der Waals surface area contributed by atoms with E-state index < -0.39 is 0 Å². The fourth-order valence-electron chi connectivity index (χ4n) is 1.74. The molecule has 1 unspecified atom stereocenters. The van der Waals surface area contributed by atoms with Crippen LogP contribution in [0.25, 0.3) is 0 Å². The summed E-state index contributed by atoms with van der Waals surface area (Å²) in [6, 6.07) is 8.12. The summed E-state index contributed by atoms with van der Waals surface area (Å²) in [6.45, 7) is 2.51. The van der Waals surface area contributed by atoms with E-state index in [1.54, 1.807) is 6.92 Å². The predicted molar refractivity (Wildman–Crippen MR) is 73.7 cm³/mol. The molecule has 1 atom stereocenters. The van der Waals surface area contributed by atoms with E-state index in [-0.39, 0.29) is 11.9 Å². The topological polar surface area (TPSA) is 55.6 Å². The summed E-state index contributed by atoms with van der Waals surface area (Å²) in [5.41, 5.74) is 7.86. The van der Waals surface area contributed by atoms with Gasteiger partial charge in [0, 0.05) is 26.3 Å². The SMILES string of the molecule is CCOC(=O)C(CN)Cc1ccc(N(C)C)cc1. The van der Waals surface area contributed by atoms with E-state index in [1.165, 1.54) is 0 Å². The maximum atomic E-state index is 11.6. The van der Waals surface area contributed by atoms with Crippen molar-refractivity contribution in [2.75, 3.05) is 32.1 Å². The molecule has 0 radical (unpaired) electrons. The Balaban J connectivity index is 2.67. The lowest BCUT2D eigenvalue weighted by Crippen LogP contribution is -2.27. The van der Waals surface area contributed by atoms with Crippen molar-refractivity contribution in [1.29, 1.82) is 0 Å². The number of benzene rings is 1. The van der Waals surface area contributed by atoms with Crippen molar-refractivity contribution in [2.24, 2.45) is 11.7 Å². The molecule has 0 aliphatic heterocycles. The van der Waals surface area contributed by atoms with Crippen LogP contribution in [0, 0.1) is 5.92 Å². The Morgan fingerprint density at radius 2 is 1.94 bits per heavy atom. The normalized spacial score (nSPS) is 12.0. The Morgan fingerprint density at radius 1 is 1.33 bits per heavy atom. The Bertz CT molecular complexity index is 374. The molecule has 100 valence electrons. The summed E-state index contributed by atoms with van der Waals surface area (Å²) in [7, 11) is 3.99. The minimum absolute atomic E-state index is 0.211. The van der Waals surface area contributed by atoms with Crippen LogP contribution in [-0.4, -0.2) is 33.2 Å². The second-order valence-corrected chi connectivity index (χ2v) is 4.45. The standard InChI is InChI=1S/C14H22N2O2/c1-4-18-14(17)12(10-15)9-11-5-7-13(8-6-11)16(2)3/h5-8,12H,4,9-10,15H2,1-3H3. The van der Waals surface area contributed by atoms with Gasteiger partial charge in [-0.1, -0.05) is 12.1 Å². The van der Waals surface area contributed by atoms with E-state index in [4.69, 9.17) is 10.5 Å². The molecular formula is C14H22N2O2. The molecule has 0 fully saturated rings. The van der Waals surface area contributed by atoms with Gasteiger partial charge < -0.3 is 15.4 Å². The second kappa shape index (κ2) is 7.01. The van der Waals surface area contributed by atoms with Crippen LogP contribution in [0.1, 0.15) is 12.5 Å². The first kappa shape index (κ1) is 14.5. The molecule has 18 heavy (non-hydrogen) atoms. The largest absolute Gasteiger partial charge is 0.466 e. The van der Waals surface area contributed by atoms with Gasteiger partial charge in [-0.15, -0.1) is 0 Å². The van der Waals surface area contributed by atoms with E-state index in [2.05, 4.69) is 0 Å². The molecule has 0 aliphatic carbocycles. The summed E-state index contributed by atoms with van der Waals surface area (Å²) in [6.07, 6.45) is 0.628. The maximum absolute atomic E-state index is 11.6. The molecule has 1 aromatic rings. The van der Waals surface area contributed by atoms with Crippen LogP contribution in [0.3, 0.4) is 0 Å². The zero-order valence-electron chi connectivity index (χ0n) is 11.3. The number of anilines is 1. The van der Waals surface area contributed by atoms with Crippen molar-refractivity contribution < 1.29 is 9.53 Å². The third-order valence-corrected chi connectivity index (χ3v) is 2.84. The molecule has 4 heteroatoms. The molecular weight excluding hydrogens is 228 g/mol. The van der Waals surface area contributed by atoms with Gasteiger partial charge in [-0.05, 0) is 31.0 Å². The lowest BCUT2D eigenvalue weighted by molar-refractivity contribution is -0.147. The third-order valence-electron chi connectivity index (χ3n) is 2.84. The monoisotopic (exact) mass is 250 g/mol. The van der Waals surface area contributed by atoms with E-state index in [0.29, 0.717) is 19.6 Å². The highest BCUT2D eigenvalue weighted by atomic mass is 16.5. The fourth-order valence-corrected chi connectivity index (χ4v) is 1.74. The van der Waals surface area contributed by atoms with Crippen molar-refractivity contribution in [2.45, 2.75) is 13.3 Å². The van der Waals surface area contributed by atoms with Crippen molar-refractivity contribution >= 4 is 11.7 Å². The van der Waals surface area contributed by atoms with Crippen LogP contribution in [0.5, 0.6) is 0 Å². The van der Waals surface area contributed by atoms with Gasteiger partial charge in [-0.25, -0.2) is 0 Å². The Hall–Kier alpha value is -1.55. The highest BCUT2D eigenvalue weighted by molar-refractivity contribution is 5.73. The molecule has 0 bridgehead atoms. The van der Waals surface area contributed by atoms with Gasteiger partial charge in [0.05, 0.1) is 12.5 Å². The van der Waals surface area contributed by atoms with Crippen molar-refractivity contribution in [3.05, 3.63) is 29.8 Å². The van der Waals surface area contributed by atoms with Gasteiger partial charge in [0.25, 0.3) is 0 Å². The summed E-state index contributed by atoms with van der Waals surface area (Å²) in [4.78, 5) is 13.7. The third kappa shape index (κ3) is 4.04. The molecule has 1 aromatic carbocycles. The van der Waals surface area contributed by atoms with Gasteiger partial charge >= 0.3 is 5.97 Å². The maximum Gasteiger partial charge on any atom is 0.310 e. The molecule has 0 saturated carbocycles. The lowest BCUT2D eigenvalue weighted by atomic mass is 9.99. The van der Waals surface area contributed by atoms with Crippen molar-refractivity contribution in [3.63, 3.8) is 0 Å². The van der Waals surface area contributed by atoms with Gasteiger partial charge in [-0.2, -0.15) is 0 Å². The van der Waals surface area contributed by atoms with Gasteiger partial charge in [0.15, 0.2) is 0 Å². The molecule has 0 aliphatic rings. The Kier molecular flexibility index (Phi) is 5.65. The summed E-state index contributed by atoms with van der Waals surface area (Å²) in [5, 5.41) is 0. The number of ether oxygens (including phenoxy) is 1. The number of esters is 1. The van der Waals surface area contributed by atoms with Crippen LogP contribution in [0.2, 0.25) is 0 Å². The Morgan fingerprint density at radius 3 is 2.39 bits per heavy atom. The van der Waals surface area contributed by atoms with E-state index in [0.717, 1.165) is 11.3 Å². The molecule has 0 aromatic heterocycles. The van der Waals surface area contributed by atoms with Gasteiger partial charge in [-0.3, -0.25) is 4.79 Å². The number of carbonyl (C=O) groups is 1. The number of rotatable bonds is 6. The average Bonchev–Trinajstić information content (AvgIpc) is 2.36. The minimum atomic E-state index is -0.254. The first-order chi connectivity index (χ1) is 8.58.